The molecule has 0 aliphatic rings. The van der Waals surface area contributed by atoms with Crippen molar-refractivity contribution in [2.24, 2.45) is 0 Å². The fourth-order valence-electron chi connectivity index (χ4n) is 2.87. The van der Waals surface area contributed by atoms with Crippen LogP contribution in [0.15, 0.2) is 71.3 Å². The largest absolute Gasteiger partial charge is 0.491 e. The molecule has 8 nitrogen and oxygen atoms in total. The van der Waals surface area contributed by atoms with Crippen LogP contribution in [0.2, 0.25) is 0 Å². The van der Waals surface area contributed by atoms with Gasteiger partial charge in [-0.25, -0.2) is 0 Å². The zero-order valence-corrected chi connectivity index (χ0v) is 17.9. The van der Waals surface area contributed by atoms with Gasteiger partial charge in [0.05, 0.1) is 30.2 Å². The van der Waals surface area contributed by atoms with Gasteiger partial charge in [0.25, 0.3) is 5.91 Å². The van der Waals surface area contributed by atoms with E-state index >= 15 is 0 Å². The Balaban J connectivity index is 1.54. The minimum Gasteiger partial charge on any atom is -0.491 e. The van der Waals surface area contributed by atoms with Gasteiger partial charge in [-0.05, 0) is 55.8 Å². The molecule has 1 heterocycles. The molecule has 0 atom stereocenters. The number of nitrogens with one attached hydrogen (secondary N) is 3. The van der Waals surface area contributed by atoms with Crippen LogP contribution in [0.5, 0.6) is 5.75 Å². The van der Waals surface area contributed by atoms with Gasteiger partial charge in [-0.1, -0.05) is 24.3 Å². The highest BCUT2D eigenvalue weighted by Gasteiger charge is 2.18. The van der Waals surface area contributed by atoms with Crippen molar-refractivity contribution in [2.45, 2.75) is 33.0 Å². The van der Waals surface area contributed by atoms with E-state index in [0.717, 1.165) is 11.3 Å². The molecule has 3 N–H and O–H groups in total. The molecular formula is C24H25N3O5. The third-order valence-electron chi connectivity index (χ3n) is 4.38. The Morgan fingerprint density at radius 2 is 1.62 bits per heavy atom. The molecule has 8 heteroatoms. The van der Waals surface area contributed by atoms with Crippen molar-refractivity contribution in [3.63, 3.8) is 0 Å². The first-order chi connectivity index (χ1) is 15.4. The van der Waals surface area contributed by atoms with E-state index in [1.54, 1.807) is 48.5 Å². The summed E-state index contributed by atoms with van der Waals surface area (Å²) in [5.41, 5.74) is 1.29. The van der Waals surface area contributed by atoms with Gasteiger partial charge in [0.2, 0.25) is 0 Å². The van der Waals surface area contributed by atoms with Crippen LogP contribution >= 0.6 is 0 Å². The molecule has 0 fully saturated rings. The van der Waals surface area contributed by atoms with Crippen molar-refractivity contribution >= 4 is 23.4 Å². The van der Waals surface area contributed by atoms with Gasteiger partial charge < -0.3 is 25.1 Å². The van der Waals surface area contributed by atoms with E-state index in [1.807, 2.05) is 26.0 Å². The quantitative estimate of drug-likeness (QED) is 0.471. The molecule has 0 saturated heterocycles. The predicted molar refractivity (Wildman–Crippen MR) is 119 cm³/mol. The number of anilines is 1. The van der Waals surface area contributed by atoms with Crippen LogP contribution in [-0.2, 0) is 22.7 Å². The number of amides is 3. The third kappa shape index (κ3) is 6.46. The second-order valence-electron chi connectivity index (χ2n) is 7.25. The van der Waals surface area contributed by atoms with Crippen LogP contribution in [0.4, 0.5) is 5.69 Å². The zero-order chi connectivity index (χ0) is 22.9. The number of hydrogen-bond acceptors (Lipinski definition) is 5. The first-order valence-electron chi connectivity index (χ1n) is 10.2. The average Bonchev–Trinajstić information content (AvgIpc) is 3.30. The highest BCUT2D eigenvalue weighted by molar-refractivity contribution is 6.40. The summed E-state index contributed by atoms with van der Waals surface area (Å²) in [7, 11) is 0. The highest BCUT2D eigenvalue weighted by atomic mass is 16.5. The summed E-state index contributed by atoms with van der Waals surface area (Å²) in [5.74, 6) is -0.742. The first-order valence-corrected chi connectivity index (χ1v) is 10.2. The van der Waals surface area contributed by atoms with E-state index in [0.29, 0.717) is 5.76 Å². The lowest BCUT2D eigenvalue weighted by atomic mass is 10.1. The number of carbonyl (C=O) groups is 3. The van der Waals surface area contributed by atoms with Crippen LogP contribution < -0.4 is 20.7 Å². The number of para-hydroxylation sites is 1. The van der Waals surface area contributed by atoms with Crippen LogP contribution in [0.3, 0.4) is 0 Å². The predicted octanol–water partition coefficient (Wildman–Crippen LogP) is 3.25. The van der Waals surface area contributed by atoms with Gasteiger partial charge in [0.1, 0.15) is 11.5 Å². The Morgan fingerprint density at radius 3 is 2.31 bits per heavy atom. The maximum atomic E-state index is 12.5. The van der Waals surface area contributed by atoms with Crippen molar-refractivity contribution in [1.29, 1.82) is 0 Å². The molecule has 3 amide bonds. The normalized spacial score (nSPS) is 10.5. The molecule has 0 spiro atoms. The van der Waals surface area contributed by atoms with Crippen molar-refractivity contribution < 1.29 is 23.5 Å². The van der Waals surface area contributed by atoms with Gasteiger partial charge in [-0.15, -0.1) is 0 Å². The van der Waals surface area contributed by atoms with Gasteiger partial charge in [-0.2, -0.15) is 0 Å². The van der Waals surface area contributed by atoms with Crippen LogP contribution in [-0.4, -0.2) is 23.8 Å². The fourth-order valence-corrected chi connectivity index (χ4v) is 2.87. The lowest BCUT2D eigenvalue weighted by molar-refractivity contribution is -0.136. The van der Waals surface area contributed by atoms with E-state index in [2.05, 4.69) is 16.0 Å². The molecule has 2 aromatic carbocycles. The summed E-state index contributed by atoms with van der Waals surface area (Å²) < 4.78 is 10.8. The Kier molecular flexibility index (Phi) is 7.64. The van der Waals surface area contributed by atoms with Crippen LogP contribution in [0, 0.1) is 0 Å². The second-order valence-corrected chi connectivity index (χ2v) is 7.25. The maximum Gasteiger partial charge on any atom is 0.313 e. The van der Waals surface area contributed by atoms with E-state index < -0.39 is 17.7 Å². The van der Waals surface area contributed by atoms with E-state index in [9.17, 15) is 14.4 Å². The summed E-state index contributed by atoms with van der Waals surface area (Å²) in [6.07, 6.45) is 1.58. The van der Waals surface area contributed by atoms with Gasteiger partial charge in [0, 0.05) is 6.54 Å². The molecule has 0 radical (unpaired) electrons. The Labute approximate surface area is 186 Å². The number of rotatable bonds is 8. The molecular weight excluding hydrogens is 410 g/mol. The van der Waals surface area contributed by atoms with Crippen molar-refractivity contribution in [2.75, 3.05) is 5.32 Å². The Hall–Kier alpha value is -4.07. The van der Waals surface area contributed by atoms with Crippen LogP contribution in [0.1, 0.15) is 35.5 Å². The molecule has 3 aromatic rings. The Morgan fingerprint density at radius 1 is 0.875 bits per heavy atom. The molecule has 0 saturated carbocycles. The highest BCUT2D eigenvalue weighted by Crippen LogP contribution is 2.16. The number of benzene rings is 2. The molecule has 1 aromatic heterocycles. The van der Waals surface area contributed by atoms with Gasteiger partial charge in [-0.3, -0.25) is 14.4 Å². The monoisotopic (exact) mass is 435 g/mol. The second kappa shape index (κ2) is 10.8. The molecule has 0 aliphatic carbocycles. The first kappa shape index (κ1) is 22.6. The molecule has 166 valence electrons. The molecule has 0 unspecified atom stereocenters. The Bertz CT molecular complexity index is 1060. The summed E-state index contributed by atoms with van der Waals surface area (Å²) in [6, 6.07) is 17.2. The lowest BCUT2D eigenvalue weighted by Gasteiger charge is -2.12. The van der Waals surface area contributed by atoms with E-state index in [-0.39, 0.29) is 30.4 Å². The van der Waals surface area contributed by atoms with E-state index in [4.69, 9.17) is 9.15 Å². The molecule has 0 bridgehead atoms. The maximum absolute atomic E-state index is 12.5. The van der Waals surface area contributed by atoms with Gasteiger partial charge >= 0.3 is 11.8 Å². The minimum atomic E-state index is -0.865. The number of hydrogen-bond donors (Lipinski definition) is 3. The number of furan rings is 1. The smallest absolute Gasteiger partial charge is 0.313 e. The lowest BCUT2D eigenvalue weighted by Crippen LogP contribution is -2.35. The van der Waals surface area contributed by atoms with E-state index in [1.165, 1.54) is 6.26 Å². The minimum absolute atomic E-state index is 0.0688. The summed E-state index contributed by atoms with van der Waals surface area (Å²) in [6.45, 7) is 4.26. The average molecular weight is 435 g/mol. The van der Waals surface area contributed by atoms with Crippen molar-refractivity contribution in [1.82, 2.24) is 10.6 Å². The van der Waals surface area contributed by atoms with Gasteiger partial charge in [0.15, 0.2) is 0 Å². The number of ether oxygens (including phenoxy) is 1. The zero-order valence-electron chi connectivity index (χ0n) is 17.9. The fraction of sp³-hybridized carbons (Fsp3) is 0.208. The summed E-state index contributed by atoms with van der Waals surface area (Å²) in [5, 5.41) is 7.78. The summed E-state index contributed by atoms with van der Waals surface area (Å²) >= 11 is 0. The molecule has 32 heavy (non-hydrogen) atoms. The molecule has 3 rings (SSSR count). The number of carbonyl (C=O) groups excluding carboxylic acids is 3. The topological polar surface area (TPSA) is 110 Å². The SMILES string of the molecule is CC(C)Oc1ccc(CNC(=O)C(=O)Nc2ccccc2C(=O)NCc2ccco2)cc1. The van der Waals surface area contributed by atoms with Crippen molar-refractivity contribution in [3.05, 3.63) is 83.8 Å². The summed E-state index contributed by atoms with van der Waals surface area (Å²) in [4.78, 5) is 37.1. The van der Waals surface area contributed by atoms with Crippen molar-refractivity contribution in [3.8, 4) is 5.75 Å². The molecule has 0 aliphatic heterocycles. The standard InChI is InChI=1S/C24H25N3O5/c1-16(2)32-18-11-9-17(10-12-18)14-25-23(29)24(30)27-21-8-4-3-7-20(21)22(28)26-15-19-6-5-13-31-19/h3-13,16H,14-15H2,1-2H3,(H,25,29)(H,26,28)(H,27,30). The third-order valence-corrected chi connectivity index (χ3v) is 4.38. The van der Waals surface area contributed by atoms with Crippen LogP contribution in [0.25, 0.3) is 0 Å².